The molecule has 10 rings (SSSR count). The van der Waals surface area contributed by atoms with Crippen LogP contribution in [-0.4, -0.2) is 15.0 Å². The van der Waals surface area contributed by atoms with Gasteiger partial charge in [0.25, 0.3) is 0 Å². The molecule has 0 aliphatic rings. The second kappa shape index (κ2) is 14.4. The Morgan fingerprint density at radius 2 is 0.714 bits per heavy atom. The Bertz CT molecular complexity index is 2870. The number of hydrogen-bond donors (Lipinski definition) is 0. The first-order valence-corrected chi connectivity index (χ1v) is 18.9. The normalized spacial score (nSPS) is 11.2. The van der Waals surface area contributed by atoms with E-state index < -0.39 is 0 Å². The topological polar surface area (TPSA) is 38.7 Å². The summed E-state index contributed by atoms with van der Waals surface area (Å²) in [5.41, 5.74) is 14.6. The monoisotopic (exact) mass is 713 g/mol. The predicted molar refractivity (Wildman–Crippen MR) is 233 cm³/mol. The van der Waals surface area contributed by atoms with E-state index in [4.69, 9.17) is 15.0 Å². The zero-order valence-electron chi connectivity index (χ0n) is 30.5. The third-order valence-electron chi connectivity index (χ3n) is 10.5. The number of hydrogen-bond acceptors (Lipinski definition) is 3. The molecule has 0 N–H and O–H groups in total. The number of fused-ring (bicyclic) bond motifs is 3. The molecule has 0 saturated heterocycles. The van der Waals surface area contributed by atoms with Crippen molar-refractivity contribution in [3.63, 3.8) is 0 Å². The van der Waals surface area contributed by atoms with Gasteiger partial charge >= 0.3 is 0 Å². The maximum absolute atomic E-state index is 5.26. The average Bonchev–Trinajstić information content (AvgIpc) is 3.29. The summed E-state index contributed by atoms with van der Waals surface area (Å²) in [5.74, 6) is 0.671. The van der Waals surface area contributed by atoms with Gasteiger partial charge in [0.1, 0.15) is 0 Å². The smallest absolute Gasteiger partial charge is 0.160 e. The van der Waals surface area contributed by atoms with Gasteiger partial charge in [-0.1, -0.05) is 188 Å². The van der Waals surface area contributed by atoms with Crippen molar-refractivity contribution in [2.24, 2.45) is 0 Å². The van der Waals surface area contributed by atoms with Crippen molar-refractivity contribution < 1.29 is 0 Å². The van der Waals surface area contributed by atoms with Crippen molar-refractivity contribution in [1.29, 1.82) is 0 Å². The molecule has 2 aromatic heterocycles. The minimum Gasteiger partial charge on any atom is -0.248 e. The molecule has 262 valence electrons. The van der Waals surface area contributed by atoms with E-state index in [-0.39, 0.29) is 0 Å². The summed E-state index contributed by atoms with van der Waals surface area (Å²) in [7, 11) is 0. The molecule has 0 fully saturated rings. The van der Waals surface area contributed by atoms with Crippen LogP contribution in [0.2, 0.25) is 0 Å². The van der Waals surface area contributed by atoms with Crippen LogP contribution in [0.4, 0.5) is 0 Å². The predicted octanol–water partition coefficient (Wildman–Crippen LogP) is 13.8. The lowest BCUT2D eigenvalue weighted by Gasteiger charge is -2.14. The number of aromatic nitrogens is 3. The summed E-state index contributed by atoms with van der Waals surface area (Å²) in [6, 6.07) is 74.5. The zero-order chi connectivity index (χ0) is 37.3. The molecule has 0 aliphatic carbocycles. The molecule has 0 aliphatic heterocycles. The molecule has 56 heavy (non-hydrogen) atoms. The largest absolute Gasteiger partial charge is 0.248 e. The molecular weight excluding hydrogens is 679 g/mol. The van der Waals surface area contributed by atoms with E-state index in [0.717, 1.165) is 61.4 Å². The van der Waals surface area contributed by atoms with Gasteiger partial charge in [0.2, 0.25) is 0 Å². The number of rotatable bonds is 7. The van der Waals surface area contributed by atoms with Crippen LogP contribution in [0.25, 0.3) is 100 Å². The van der Waals surface area contributed by atoms with Gasteiger partial charge in [-0.3, -0.25) is 0 Å². The maximum Gasteiger partial charge on any atom is 0.160 e. The van der Waals surface area contributed by atoms with Gasteiger partial charge < -0.3 is 0 Å². The Morgan fingerprint density at radius 3 is 1.32 bits per heavy atom. The maximum atomic E-state index is 5.26. The Balaban J connectivity index is 1.13. The first-order chi connectivity index (χ1) is 27.7. The highest BCUT2D eigenvalue weighted by molar-refractivity contribution is 6.14. The van der Waals surface area contributed by atoms with Crippen molar-refractivity contribution in [2.45, 2.75) is 0 Å². The molecule has 0 unspecified atom stereocenters. The Morgan fingerprint density at radius 1 is 0.268 bits per heavy atom. The van der Waals surface area contributed by atoms with Gasteiger partial charge in [-0.15, -0.1) is 0 Å². The van der Waals surface area contributed by atoms with Crippen LogP contribution in [0.1, 0.15) is 0 Å². The summed E-state index contributed by atoms with van der Waals surface area (Å²) in [5, 5.41) is 3.49. The van der Waals surface area contributed by atoms with Crippen molar-refractivity contribution >= 4 is 21.7 Å². The zero-order valence-corrected chi connectivity index (χ0v) is 30.5. The fourth-order valence-electron chi connectivity index (χ4n) is 7.62. The summed E-state index contributed by atoms with van der Waals surface area (Å²) in [6.07, 6.45) is 0. The SMILES string of the molecule is c1ccc(-c2ccc(-c3cc(-c4ccc(-c5ccccc5)cc4)nc(-c4cccc(-c5cc(-c6ccccc6)nc6ccc7ccccc7c56)c4)n3)cc2)cc1. The standard InChI is InChI=1S/C53H35N3/c1-4-13-36(14-5-1)38-23-27-42(28-24-38)50-35-51(43-29-25-39(26-30-43)37-15-6-2-7-16-37)56-53(55-50)45-21-12-20-44(33-45)47-34-49(41-18-8-3-9-19-41)54-48-32-31-40-17-10-11-22-46(40)52(47)48/h1-35H. The van der Waals surface area contributed by atoms with Crippen LogP contribution in [-0.2, 0) is 0 Å². The lowest BCUT2D eigenvalue weighted by Crippen LogP contribution is -1.97. The highest BCUT2D eigenvalue weighted by Gasteiger charge is 2.16. The number of benzene rings is 8. The van der Waals surface area contributed by atoms with Crippen LogP contribution < -0.4 is 0 Å². The van der Waals surface area contributed by atoms with E-state index in [2.05, 4.69) is 194 Å². The second-order valence-electron chi connectivity index (χ2n) is 14.0. The molecule has 2 heterocycles. The molecule has 0 saturated carbocycles. The van der Waals surface area contributed by atoms with Crippen molar-refractivity contribution in [3.05, 3.63) is 212 Å². The average molecular weight is 714 g/mol. The van der Waals surface area contributed by atoms with Crippen LogP contribution in [0.3, 0.4) is 0 Å². The highest BCUT2D eigenvalue weighted by atomic mass is 14.9. The van der Waals surface area contributed by atoms with Crippen LogP contribution in [0.5, 0.6) is 0 Å². The minimum atomic E-state index is 0.671. The summed E-state index contributed by atoms with van der Waals surface area (Å²) in [6.45, 7) is 0. The molecule has 3 nitrogen and oxygen atoms in total. The van der Waals surface area contributed by atoms with Gasteiger partial charge in [0.15, 0.2) is 5.82 Å². The quantitative estimate of drug-likeness (QED) is 0.154. The lowest BCUT2D eigenvalue weighted by atomic mass is 9.93. The van der Waals surface area contributed by atoms with Crippen LogP contribution >= 0.6 is 0 Å². The third kappa shape index (κ3) is 6.42. The fraction of sp³-hybridized carbons (Fsp3) is 0. The summed E-state index contributed by atoms with van der Waals surface area (Å²) >= 11 is 0. The highest BCUT2D eigenvalue weighted by Crippen LogP contribution is 2.38. The summed E-state index contributed by atoms with van der Waals surface area (Å²) in [4.78, 5) is 15.7. The lowest BCUT2D eigenvalue weighted by molar-refractivity contribution is 1.18. The molecule has 10 aromatic rings. The number of pyridine rings is 1. The van der Waals surface area contributed by atoms with Gasteiger partial charge in [-0.05, 0) is 68.4 Å². The van der Waals surface area contributed by atoms with E-state index in [1.807, 2.05) is 18.2 Å². The van der Waals surface area contributed by atoms with Crippen molar-refractivity contribution in [3.8, 4) is 78.5 Å². The Kier molecular flexibility index (Phi) is 8.51. The van der Waals surface area contributed by atoms with E-state index in [1.54, 1.807) is 0 Å². The van der Waals surface area contributed by atoms with Crippen LogP contribution in [0.15, 0.2) is 212 Å². The van der Waals surface area contributed by atoms with Crippen molar-refractivity contribution in [2.75, 3.05) is 0 Å². The third-order valence-corrected chi connectivity index (χ3v) is 10.5. The molecule has 3 heteroatoms. The number of nitrogens with zero attached hydrogens (tertiary/aromatic N) is 3. The Hall–Kier alpha value is -7.49. The first-order valence-electron chi connectivity index (χ1n) is 18.9. The van der Waals surface area contributed by atoms with E-state index in [1.165, 1.54) is 33.0 Å². The van der Waals surface area contributed by atoms with E-state index in [9.17, 15) is 0 Å². The van der Waals surface area contributed by atoms with Crippen molar-refractivity contribution in [1.82, 2.24) is 15.0 Å². The molecule has 0 radical (unpaired) electrons. The summed E-state index contributed by atoms with van der Waals surface area (Å²) < 4.78 is 0. The molecule has 0 amide bonds. The fourth-order valence-corrected chi connectivity index (χ4v) is 7.62. The van der Waals surface area contributed by atoms with Gasteiger partial charge in [0, 0.05) is 27.6 Å². The van der Waals surface area contributed by atoms with E-state index in [0.29, 0.717) is 5.82 Å². The van der Waals surface area contributed by atoms with Crippen LogP contribution in [0, 0.1) is 0 Å². The second-order valence-corrected chi connectivity index (χ2v) is 14.0. The Labute approximate surface area is 326 Å². The van der Waals surface area contributed by atoms with Gasteiger partial charge in [-0.25, -0.2) is 15.0 Å². The molecule has 0 spiro atoms. The first kappa shape index (κ1) is 33.1. The molecule has 8 aromatic carbocycles. The molecule has 0 atom stereocenters. The molecule has 0 bridgehead atoms. The van der Waals surface area contributed by atoms with Gasteiger partial charge in [-0.2, -0.15) is 0 Å². The minimum absolute atomic E-state index is 0.671. The van der Waals surface area contributed by atoms with Gasteiger partial charge in [0.05, 0.1) is 22.6 Å². The molecular formula is C53H35N3. The van der Waals surface area contributed by atoms with E-state index >= 15 is 0 Å².